The summed E-state index contributed by atoms with van der Waals surface area (Å²) in [7, 11) is 3.29. The third-order valence-corrected chi connectivity index (χ3v) is 5.71. The molecule has 3 aromatic rings. The smallest absolute Gasteiger partial charge is 0.336 e. The van der Waals surface area contributed by atoms with Gasteiger partial charge in [0.2, 0.25) is 0 Å². The van der Waals surface area contributed by atoms with Gasteiger partial charge >= 0.3 is 5.63 Å². The molecule has 4 rings (SSSR count). The lowest BCUT2D eigenvalue weighted by Crippen LogP contribution is -2.34. The summed E-state index contributed by atoms with van der Waals surface area (Å²) in [5.41, 5.74) is 4.54. The van der Waals surface area contributed by atoms with Gasteiger partial charge in [0.05, 0.1) is 14.2 Å². The summed E-state index contributed by atoms with van der Waals surface area (Å²) in [5, 5.41) is 0.999. The molecule has 0 bridgehead atoms. The Morgan fingerprint density at radius 2 is 1.90 bits per heavy atom. The molecule has 0 fully saturated rings. The number of aryl methyl sites for hydroxylation is 2. The van der Waals surface area contributed by atoms with Crippen LogP contribution in [0.5, 0.6) is 17.2 Å². The maximum Gasteiger partial charge on any atom is 0.336 e. The van der Waals surface area contributed by atoms with Crippen LogP contribution >= 0.6 is 0 Å². The summed E-state index contributed by atoms with van der Waals surface area (Å²) in [6, 6.07) is 9.72. The summed E-state index contributed by atoms with van der Waals surface area (Å²) in [5.74, 6) is 2.31. The van der Waals surface area contributed by atoms with Crippen molar-refractivity contribution in [3.05, 3.63) is 63.0 Å². The Morgan fingerprint density at radius 3 is 2.63 bits per heavy atom. The second-order valence-electron chi connectivity index (χ2n) is 7.58. The second-order valence-corrected chi connectivity index (χ2v) is 7.58. The van der Waals surface area contributed by atoms with Crippen molar-refractivity contribution < 1.29 is 18.6 Å². The van der Waals surface area contributed by atoms with Crippen LogP contribution in [0.4, 0.5) is 0 Å². The fourth-order valence-corrected chi connectivity index (χ4v) is 4.09. The molecular weight excluding hydrogens is 382 g/mol. The average molecular weight is 409 g/mol. The van der Waals surface area contributed by atoms with Crippen LogP contribution in [-0.4, -0.2) is 32.4 Å². The van der Waals surface area contributed by atoms with Gasteiger partial charge in [0.15, 0.2) is 11.5 Å². The van der Waals surface area contributed by atoms with Gasteiger partial charge < -0.3 is 18.6 Å². The normalized spacial score (nSPS) is 13.7. The van der Waals surface area contributed by atoms with Crippen LogP contribution in [0.3, 0.4) is 0 Å². The fraction of sp³-hybridized carbons (Fsp3) is 0.375. The van der Waals surface area contributed by atoms with Gasteiger partial charge in [-0.3, -0.25) is 4.90 Å². The molecule has 0 amide bonds. The topological polar surface area (TPSA) is 61.1 Å². The first-order valence-electron chi connectivity index (χ1n) is 10.2. The highest BCUT2D eigenvalue weighted by molar-refractivity contribution is 5.86. The van der Waals surface area contributed by atoms with E-state index in [0.717, 1.165) is 65.3 Å². The zero-order valence-corrected chi connectivity index (χ0v) is 17.9. The molecule has 0 saturated carbocycles. The zero-order valence-electron chi connectivity index (χ0n) is 17.9. The van der Waals surface area contributed by atoms with Crippen molar-refractivity contribution in [2.75, 3.05) is 27.5 Å². The van der Waals surface area contributed by atoms with Crippen molar-refractivity contribution in [3.8, 4) is 17.2 Å². The largest absolute Gasteiger partial charge is 0.493 e. The van der Waals surface area contributed by atoms with Gasteiger partial charge in [0, 0.05) is 35.7 Å². The number of methoxy groups -OCH3 is 2. The first-order chi connectivity index (χ1) is 14.5. The van der Waals surface area contributed by atoms with E-state index < -0.39 is 0 Å². The summed E-state index contributed by atoms with van der Waals surface area (Å²) in [4.78, 5) is 14.2. The number of fused-ring (bicyclic) bond motifs is 2. The Morgan fingerprint density at radius 1 is 1.10 bits per heavy atom. The van der Waals surface area contributed by atoms with Crippen LogP contribution < -0.4 is 19.8 Å². The molecule has 6 nitrogen and oxygen atoms in total. The quantitative estimate of drug-likeness (QED) is 0.572. The molecule has 0 aliphatic carbocycles. The van der Waals surface area contributed by atoms with Gasteiger partial charge in [0.25, 0.3) is 0 Å². The number of ether oxygens (including phenoxy) is 3. The first kappa shape index (κ1) is 20.3. The number of nitrogens with zero attached hydrogens (tertiary/aromatic N) is 1. The molecule has 0 unspecified atom stereocenters. The third-order valence-electron chi connectivity index (χ3n) is 5.71. The van der Waals surface area contributed by atoms with Crippen LogP contribution in [0.1, 0.15) is 29.2 Å². The minimum atomic E-state index is -0.310. The van der Waals surface area contributed by atoms with E-state index in [1.54, 1.807) is 20.3 Å². The molecule has 2 heterocycles. The van der Waals surface area contributed by atoms with E-state index in [9.17, 15) is 4.79 Å². The van der Waals surface area contributed by atoms with Crippen LogP contribution in [-0.2, 0) is 19.4 Å². The Bertz CT molecular complexity index is 1130. The van der Waals surface area contributed by atoms with Crippen LogP contribution in [0.25, 0.3) is 11.0 Å². The zero-order chi connectivity index (χ0) is 21.3. The highest BCUT2D eigenvalue weighted by Crippen LogP contribution is 2.36. The van der Waals surface area contributed by atoms with Crippen molar-refractivity contribution >= 4 is 11.0 Å². The predicted octanol–water partition coefficient (Wildman–Crippen LogP) is 4.08. The van der Waals surface area contributed by atoms with Crippen molar-refractivity contribution in [2.45, 2.75) is 33.2 Å². The van der Waals surface area contributed by atoms with Crippen molar-refractivity contribution in [3.63, 3.8) is 0 Å². The van der Waals surface area contributed by atoms with Crippen LogP contribution in [0, 0.1) is 6.92 Å². The molecule has 2 aromatic carbocycles. The highest BCUT2D eigenvalue weighted by Gasteiger charge is 2.23. The average Bonchev–Trinajstić information content (AvgIpc) is 2.77. The number of hydrogen-bond acceptors (Lipinski definition) is 6. The van der Waals surface area contributed by atoms with Gasteiger partial charge in [-0.2, -0.15) is 0 Å². The molecule has 30 heavy (non-hydrogen) atoms. The summed E-state index contributed by atoms with van der Waals surface area (Å²) < 4.78 is 22.3. The molecule has 158 valence electrons. The third kappa shape index (κ3) is 3.75. The SMILES string of the molecule is CCc1cc(=O)oc2c(C)c3c(cc12)CN(CCc1ccc(OC)c(OC)c1)CO3. The van der Waals surface area contributed by atoms with Gasteiger partial charge in [-0.25, -0.2) is 4.79 Å². The molecular formula is C24H27NO5. The number of rotatable bonds is 6. The van der Waals surface area contributed by atoms with Crippen molar-refractivity contribution in [1.82, 2.24) is 4.90 Å². The summed E-state index contributed by atoms with van der Waals surface area (Å²) >= 11 is 0. The lowest BCUT2D eigenvalue weighted by atomic mass is 9.99. The Labute approximate surface area is 176 Å². The molecule has 6 heteroatoms. The first-order valence-corrected chi connectivity index (χ1v) is 10.2. The van der Waals surface area contributed by atoms with Crippen molar-refractivity contribution in [1.29, 1.82) is 0 Å². The van der Waals surface area contributed by atoms with Gasteiger partial charge in [-0.05, 0) is 49.1 Å². The second kappa shape index (κ2) is 8.40. The van der Waals surface area contributed by atoms with E-state index in [1.165, 1.54) is 5.56 Å². The minimum Gasteiger partial charge on any atom is -0.493 e. The minimum absolute atomic E-state index is 0.310. The van der Waals surface area contributed by atoms with E-state index in [4.69, 9.17) is 18.6 Å². The number of benzene rings is 2. The molecule has 0 atom stereocenters. The van der Waals surface area contributed by atoms with Gasteiger partial charge in [0.1, 0.15) is 18.1 Å². The Hall–Kier alpha value is -2.99. The lowest BCUT2D eigenvalue weighted by molar-refractivity contribution is 0.0959. The molecule has 1 aliphatic heterocycles. The molecule has 0 spiro atoms. The van der Waals surface area contributed by atoms with E-state index in [1.807, 2.05) is 19.1 Å². The number of hydrogen-bond donors (Lipinski definition) is 0. The van der Waals surface area contributed by atoms with Crippen LogP contribution in [0.2, 0.25) is 0 Å². The molecule has 0 saturated heterocycles. The Balaban J connectivity index is 1.55. The van der Waals surface area contributed by atoms with E-state index in [0.29, 0.717) is 12.3 Å². The Kier molecular flexibility index (Phi) is 5.68. The van der Waals surface area contributed by atoms with Crippen molar-refractivity contribution in [2.24, 2.45) is 0 Å². The molecule has 1 aromatic heterocycles. The van der Waals surface area contributed by atoms with E-state index >= 15 is 0 Å². The summed E-state index contributed by atoms with van der Waals surface area (Å²) in [6.45, 7) is 6.17. The maximum absolute atomic E-state index is 11.9. The van der Waals surface area contributed by atoms with Gasteiger partial charge in [-0.15, -0.1) is 0 Å². The monoisotopic (exact) mass is 409 g/mol. The van der Waals surface area contributed by atoms with E-state index in [-0.39, 0.29) is 5.63 Å². The predicted molar refractivity (Wildman–Crippen MR) is 116 cm³/mol. The molecule has 0 radical (unpaired) electrons. The van der Waals surface area contributed by atoms with E-state index in [2.05, 4.69) is 24.0 Å². The molecule has 0 N–H and O–H groups in total. The van der Waals surface area contributed by atoms with Gasteiger partial charge in [-0.1, -0.05) is 13.0 Å². The standard InChI is InChI=1S/C24H27NO5/c1-5-17-12-22(26)30-24-15(2)23-18(11-19(17)24)13-25(14-29-23)9-8-16-6-7-20(27-3)21(10-16)28-4/h6-7,10-12H,5,8-9,13-14H2,1-4H3. The lowest BCUT2D eigenvalue weighted by Gasteiger charge is -2.30. The highest BCUT2D eigenvalue weighted by atomic mass is 16.5. The fourth-order valence-electron chi connectivity index (χ4n) is 4.09. The molecule has 1 aliphatic rings. The van der Waals surface area contributed by atoms with Crippen LogP contribution in [0.15, 0.2) is 39.5 Å². The summed E-state index contributed by atoms with van der Waals surface area (Å²) in [6.07, 6.45) is 1.66. The maximum atomic E-state index is 11.9.